The van der Waals surface area contributed by atoms with Crippen molar-refractivity contribution in [2.75, 3.05) is 0 Å². The summed E-state index contributed by atoms with van der Waals surface area (Å²) in [5.74, 6) is 0.426. The van der Waals surface area contributed by atoms with Gasteiger partial charge in [-0.25, -0.2) is 4.98 Å². The Morgan fingerprint density at radius 3 is 2.84 bits per heavy atom. The van der Waals surface area contributed by atoms with E-state index in [1.54, 1.807) is 39.0 Å². The standard InChI is InChI=1S/C16H16BrN5O3/c1-9-19-15(21-25-9)16(2,3)20-13(23)7-22-8-18-12-5-4-10(17)6-11(12)14(22)24/h4-6,8H,7H2,1-3H3,(H,20,23). The Kier molecular flexibility index (Phi) is 4.42. The molecule has 0 saturated carbocycles. The second-order valence-electron chi connectivity index (χ2n) is 6.15. The summed E-state index contributed by atoms with van der Waals surface area (Å²) in [5.41, 5.74) is -0.534. The highest BCUT2D eigenvalue weighted by Crippen LogP contribution is 2.17. The van der Waals surface area contributed by atoms with Crippen molar-refractivity contribution in [3.63, 3.8) is 0 Å². The molecule has 0 radical (unpaired) electrons. The van der Waals surface area contributed by atoms with E-state index in [1.807, 2.05) is 0 Å². The zero-order valence-electron chi connectivity index (χ0n) is 13.9. The van der Waals surface area contributed by atoms with Crippen molar-refractivity contribution < 1.29 is 9.32 Å². The maximum Gasteiger partial charge on any atom is 0.261 e. The van der Waals surface area contributed by atoms with Crippen molar-refractivity contribution in [1.82, 2.24) is 25.0 Å². The Bertz CT molecular complexity index is 1010. The fraction of sp³-hybridized carbons (Fsp3) is 0.312. The zero-order valence-corrected chi connectivity index (χ0v) is 15.5. The van der Waals surface area contributed by atoms with Gasteiger partial charge >= 0.3 is 0 Å². The van der Waals surface area contributed by atoms with Crippen molar-refractivity contribution in [2.45, 2.75) is 32.9 Å². The number of hydrogen-bond donors (Lipinski definition) is 1. The number of carbonyl (C=O) groups excluding carboxylic acids is 1. The number of rotatable bonds is 4. The quantitative estimate of drug-likeness (QED) is 0.710. The molecule has 0 unspecified atom stereocenters. The predicted molar refractivity (Wildman–Crippen MR) is 93.9 cm³/mol. The molecule has 8 nitrogen and oxygen atoms in total. The molecule has 2 aromatic heterocycles. The number of halogens is 1. The molecule has 2 heterocycles. The Morgan fingerprint density at radius 2 is 2.16 bits per heavy atom. The van der Waals surface area contributed by atoms with Gasteiger partial charge in [-0.05, 0) is 32.0 Å². The van der Waals surface area contributed by atoms with Crippen molar-refractivity contribution in [1.29, 1.82) is 0 Å². The average molecular weight is 406 g/mol. The van der Waals surface area contributed by atoms with Gasteiger partial charge in [0.15, 0.2) is 5.82 Å². The molecule has 0 atom stereocenters. The lowest BCUT2D eigenvalue weighted by Gasteiger charge is -2.22. The van der Waals surface area contributed by atoms with E-state index in [4.69, 9.17) is 4.52 Å². The third-order valence-electron chi connectivity index (χ3n) is 3.64. The van der Waals surface area contributed by atoms with E-state index in [9.17, 15) is 9.59 Å². The summed E-state index contributed by atoms with van der Waals surface area (Å²) in [6.07, 6.45) is 1.36. The second-order valence-corrected chi connectivity index (χ2v) is 7.06. The normalized spacial score (nSPS) is 11.7. The summed E-state index contributed by atoms with van der Waals surface area (Å²) in [4.78, 5) is 33.3. The van der Waals surface area contributed by atoms with E-state index in [0.717, 1.165) is 4.47 Å². The highest BCUT2D eigenvalue weighted by atomic mass is 79.9. The SMILES string of the molecule is Cc1nc(C(C)(C)NC(=O)Cn2cnc3ccc(Br)cc3c2=O)no1. The molecule has 9 heteroatoms. The van der Waals surface area contributed by atoms with Gasteiger partial charge in [-0.1, -0.05) is 21.1 Å². The summed E-state index contributed by atoms with van der Waals surface area (Å²) in [7, 11) is 0. The van der Waals surface area contributed by atoms with Gasteiger partial charge < -0.3 is 9.84 Å². The topological polar surface area (TPSA) is 103 Å². The fourth-order valence-corrected chi connectivity index (χ4v) is 2.76. The number of nitrogens with one attached hydrogen (secondary N) is 1. The van der Waals surface area contributed by atoms with E-state index >= 15 is 0 Å². The van der Waals surface area contributed by atoms with Gasteiger partial charge in [-0.15, -0.1) is 0 Å². The first-order valence-electron chi connectivity index (χ1n) is 7.53. The van der Waals surface area contributed by atoms with Crippen LogP contribution in [0.3, 0.4) is 0 Å². The number of benzene rings is 1. The maximum atomic E-state index is 12.5. The first-order chi connectivity index (χ1) is 11.8. The Hall–Kier alpha value is -2.55. The fourth-order valence-electron chi connectivity index (χ4n) is 2.40. The minimum absolute atomic E-state index is 0.158. The molecular formula is C16H16BrN5O3. The zero-order chi connectivity index (χ0) is 18.2. The van der Waals surface area contributed by atoms with Gasteiger partial charge in [-0.2, -0.15) is 4.98 Å². The smallest absolute Gasteiger partial charge is 0.261 e. The summed E-state index contributed by atoms with van der Waals surface area (Å²) in [5, 5.41) is 7.07. The second kappa shape index (κ2) is 6.40. The lowest BCUT2D eigenvalue weighted by molar-refractivity contribution is -0.123. The van der Waals surface area contributed by atoms with Crippen molar-refractivity contribution in [2.24, 2.45) is 0 Å². The molecule has 0 aliphatic carbocycles. The van der Waals surface area contributed by atoms with E-state index in [2.05, 4.69) is 36.4 Å². The van der Waals surface area contributed by atoms with E-state index in [0.29, 0.717) is 22.6 Å². The Balaban J connectivity index is 1.82. The molecule has 0 spiro atoms. The van der Waals surface area contributed by atoms with Crippen LogP contribution in [0.15, 0.2) is 38.3 Å². The van der Waals surface area contributed by atoms with Crippen molar-refractivity contribution in [3.8, 4) is 0 Å². The van der Waals surface area contributed by atoms with Gasteiger partial charge in [0.2, 0.25) is 11.8 Å². The van der Waals surface area contributed by atoms with E-state index in [1.165, 1.54) is 10.9 Å². The van der Waals surface area contributed by atoms with Crippen LogP contribution >= 0.6 is 15.9 Å². The molecule has 3 aromatic rings. The average Bonchev–Trinajstić information content (AvgIpc) is 2.98. The molecule has 1 aromatic carbocycles. The number of amides is 1. The van der Waals surface area contributed by atoms with Crippen LogP contribution in [0.4, 0.5) is 0 Å². The van der Waals surface area contributed by atoms with Crippen molar-refractivity contribution >= 4 is 32.7 Å². The summed E-state index contributed by atoms with van der Waals surface area (Å²) in [6.45, 7) is 5.03. The first-order valence-corrected chi connectivity index (χ1v) is 8.32. The number of fused-ring (bicyclic) bond motifs is 1. The predicted octanol–water partition coefficient (Wildman–Crippen LogP) is 1.90. The van der Waals surface area contributed by atoms with Crippen LogP contribution in [-0.2, 0) is 16.9 Å². The maximum absolute atomic E-state index is 12.5. The highest BCUT2D eigenvalue weighted by molar-refractivity contribution is 9.10. The molecule has 1 N–H and O–H groups in total. The largest absolute Gasteiger partial charge is 0.342 e. The van der Waals surface area contributed by atoms with Crippen molar-refractivity contribution in [3.05, 3.63) is 51.1 Å². The molecule has 3 rings (SSSR count). The van der Waals surface area contributed by atoms with Gasteiger partial charge in [0.1, 0.15) is 6.54 Å². The lowest BCUT2D eigenvalue weighted by Crippen LogP contribution is -2.44. The molecule has 25 heavy (non-hydrogen) atoms. The molecule has 0 saturated heterocycles. The highest BCUT2D eigenvalue weighted by Gasteiger charge is 2.28. The summed E-state index contributed by atoms with van der Waals surface area (Å²) < 4.78 is 6.99. The molecule has 1 amide bonds. The molecular weight excluding hydrogens is 390 g/mol. The number of aryl methyl sites for hydroxylation is 1. The van der Waals surface area contributed by atoms with E-state index < -0.39 is 5.54 Å². The van der Waals surface area contributed by atoms with Crippen LogP contribution in [0.25, 0.3) is 10.9 Å². The summed E-state index contributed by atoms with van der Waals surface area (Å²) in [6, 6.07) is 5.24. The first kappa shape index (κ1) is 17.3. The van der Waals surface area contributed by atoms with Crippen LogP contribution in [0, 0.1) is 6.92 Å². The van der Waals surface area contributed by atoms with Crippen LogP contribution in [0.2, 0.25) is 0 Å². The van der Waals surface area contributed by atoms with Crippen LogP contribution < -0.4 is 10.9 Å². The van der Waals surface area contributed by atoms with Crippen LogP contribution in [0.5, 0.6) is 0 Å². The van der Waals surface area contributed by atoms with Gasteiger partial charge in [0.25, 0.3) is 5.56 Å². The third kappa shape index (κ3) is 3.60. The minimum atomic E-state index is -0.828. The molecule has 0 fully saturated rings. The molecule has 130 valence electrons. The molecule has 0 bridgehead atoms. The van der Waals surface area contributed by atoms with Crippen LogP contribution in [0.1, 0.15) is 25.6 Å². The van der Waals surface area contributed by atoms with Gasteiger partial charge in [-0.3, -0.25) is 14.2 Å². The monoisotopic (exact) mass is 405 g/mol. The number of hydrogen-bond acceptors (Lipinski definition) is 6. The van der Waals surface area contributed by atoms with Crippen LogP contribution in [-0.4, -0.2) is 25.6 Å². The Morgan fingerprint density at radius 1 is 1.40 bits per heavy atom. The molecule has 0 aliphatic heterocycles. The number of nitrogens with zero attached hydrogens (tertiary/aromatic N) is 4. The number of carbonyl (C=O) groups is 1. The minimum Gasteiger partial charge on any atom is -0.342 e. The molecule has 0 aliphatic rings. The lowest BCUT2D eigenvalue weighted by atomic mass is 10.1. The summed E-state index contributed by atoms with van der Waals surface area (Å²) >= 11 is 3.33. The third-order valence-corrected chi connectivity index (χ3v) is 4.13. The Labute approximate surface area is 151 Å². The van der Waals surface area contributed by atoms with E-state index in [-0.39, 0.29) is 18.0 Å². The van der Waals surface area contributed by atoms with Gasteiger partial charge in [0, 0.05) is 11.4 Å². The number of aromatic nitrogens is 4. The van der Waals surface area contributed by atoms with Gasteiger partial charge in [0.05, 0.1) is 22.8 Å².